The zero-order valence-electron chi connectivity index (χ0n) is 10.6. The maximum Gasteiger partial charge on any atom is 0.165 e. The Morgan fingerprint density at radius 2 is 2.17 bits per heavy atom. The third-order valence-electron chi connectivity index (χ3n) is 2.76. The molecule has 0 bridgehead atoms. The molecule has 0 spiro atoms. The number of nitrogens with one attached hydrogen (secondary N) is 1. The number of rotatable bonds is 3. The van der Waals surface area contributed by atoms with Gasteiger partial charge in [-0.2, -0.15) is 0 Å². The molecule has 1 atom stereocenters. The number of benzene rings is 1. The monoisotopic (exact) mass is 249 g/mol. The van der Waals surface area contributed by atoms with Crippen LogP contribution in [-0.2, 0) is 0 Å². The Labute approximate surface area is 105 Å². The molecule has 0 radical (unpaired) electrons. The molecule has 0 aliphatic heterocycles. The summed E-state index contributed by atoms with van der Waals surface area (Å²) in [6.07, 6.45) is 0. The van der Waals surface area contributed by atoms with E-state index in [0.29, 0.717) is 17.1 Å². The van der Waals surface area contributed by atoms with E-state index in [-0.39, 0.29) is 11.8 Å². The smallest absolute Gasteiger partial charge is 0.165 e. The zero-order valence-corrected chi connectivity index (χ0v) is 10.6. The largest absolute Gasteiger partial charge is 0.494 e. The minimum atomic E-state index is -0.403. The van der Waals surface area contributed by atoms with E-state index in [0.717, 1.165) is 5.69 Å². The van der Waals surface area contributed by atoms with Gasteiger partial charge in [-0.1, -0.05) is 0 Å². The van der Waals surface area contributed by atoms with Crippen LogP contribution in [-0.4, -0.2) is 17.1 Å². The Morgan fingerprint density at radius 3 is 2.67 bits per heavy atom. The Kier molecular flexibility index (Phi) is 3.34. The summed E-state index contributed by atoms with van der Waals surface area (Å²) in [6.45, 7) is 3.73. The molecule has 0 saturated carbocycles. The number of aromatic amines is 1. The quantitative estimate of drug-likeness (QED) is 0.878. The number of hydrogen-bond donors (Lipinski definition) is 2. The Hall–Kier alpha value is -1.88. The van der Waals surface area contributed by atoms with Crippen molar-refractivity contribution in [2.45, 2.75) is 19.9 Å². The molecule has 1 aromatic heterocycles. The first-order valence-electron chi connectivity index (χ1n) is 5.69. The van der Waals surface area contributed by atoms with Crippen molar-refractivity contribution in [2.24, 2.45) is 5.73 Å². The molecule has 96 valence electrons. The molecule has 1 aromatic carbocycles. The van der Waals surface area contributed by atoms with Crippen LogP contribution in [0.3, 0.4) is 0 Å². The van der Waals surface area contributed by atoms with Crippen molar-refractivity contribution in [1.29, 1.82) is 0 Å². The predicted octanol–water partition coefficient (Wildman–Crippen LogP) is 2.55. The van der Waals surface area contributed by atoms with E-state index in [9.17, 15) is 4.39 Å². The molecule has 2 rings (SSSR count). The number of halogens is 1. The van der Waals surface area contributed by atoms with E-state index in [2.05, 4.69) is 9.97 Å². The maximum atomic E-state index is 13.6. The minimum Gasteiger partial charge on any atom is -0.494 e. The van der Waals surface area contributed by atoms with Gasteiger partial charge < -0.3 is 15.5 Å². The SMILES string of the molecule is COc1ccc(-c2nc(C(C)N)[nH]c2C)cc1F. The first kappa shape index (κ1) is 12.6. The molecule has 1 unspecified atom stereocenters. The van der Waals surface area contributed by atoms with Crippen molar-refractivity contribution in [3.05, 3.63) is 35.5 Å². The van der Waals surface area contributed by atoms with Gasteiger partial charge >= 0.3 is 0 Å². The topological polar surface area (TPSA) is 63.9 Å². The highest BCUT2D eigenvalue weighted by molar-refractivity contribution is 5.63. The lowest BCUT2D eigenvalue weighted by atomic mass is 10.1. The molecule has 5 heteroatoms. The summed E-state index contributed by atoms with van der Waals surface area (Å²) < 4.78 is 18.5. The van der Waals surface area contributed by atoms with Gasteiger partial charge in [0.2, 0.25) is 0 Å². The van der Waals surface area contributed by atoms with E-state index >= 15 is 0 Å². The van der Waals surface area contributed by atoms with Gasteiger partial charge in [-0.05, 0) is 32.0 Å². The second-order valence-corrected chi connectivity index (χ2v) is 4.23. The van der Waals surface area contributed by atoms with Crippen molar-refractivity contribution in [2.75, 3.05) is 7.11 Å². The van der Waals surface area contributed by atoms with Crippen LogP contribution >= 0.6 is 0 Å². The van der Waals surface area contributed by atoms with Gasteiger partial charge in [0.1, 0.15) is 5.82 Å². The van der Waals surface area contributed by atoms with Crippen LogP contribution in [0.15, 0.2) is 18.2 Å². The van der Waals surface area contributed by atoms with Crippen LogP contribution in [0.25, 0.3) is 11.3 Å². The Balaban J connectivity index is 2.45. The molecule has 0 aliphatic rings. The Morgan fingerprint density at radius 1 is 1.44 bits per heavy atom. The second-order valence-electron chi connectivity index (χ2n) is 4.23. The molecule has 3 N–H and O–H groups in total. The van der Waals surface area contributed by atoms with Crippen LogP contribution in [0.4, 0.5) is 4.39 Å². The lowest BCUT2D eigenvalue weighted by Crippen LogP contribution is -2.06. The van der Waals surface area contributed by atoms with Crippen molar-refractivity contribution in [3.8, 4) is 17.0 Å². The van der Waals surface area contributed by atoms with E-state index in [1.807, 2.05) is 13.8 Å². The number of ether oxygens (including phenoxy) is 1. The van der Waals surface area contributed by atoms with Gasteiger partial charge in [-0.25, -0.2) is 9.37 Å². The van der Waals surface area contributed by atoms with E-state index in [1.165, 1.54) is 13.2 Å². The summed E-state index contributed by atoms with van der Waals surface area (Å²) in [6, 6.07) is 4.59. The summed E-state index contributed by atoms with van der Waals surface area (Å²) >= 11 is 0. The summed E-state index contributed by atoms with van der Waals surface area (Å²) in [5.41, 5.74) is 8.04. The lowest BCUT2D eigenvalue weighted by molar-refractivity contribution is 0.386. The van der Waals surface area contributed by atoms with Gasteiger partial charge in [-0.3, -0.25) is 0 Å². The molecule has 0 amide bonds. The second kappa shape index (κ2) is 4.78. The van der Waals surface area contributed by atoms with Crippen LogP contribution in [0.1, 0.15) is 24.5 Å². The minimum absolute atomic E-state index is 0.180. The fraction of sp³-hybridized carbons (Fsp3) is 0.308. The standard InChI is InChI=1S/C13H16FN3O/c1-7(15)13-16-8(2)12(17-13)9-4-5-11(18-3)10(14)6-9/h4-7H,15H2,1-3H3,(H,16,17). The van der Waals surface area contributed by atoms with Crippen molar-refractivity contribution >= 4 is 0 Å². The maximum absolute atomic E-state index is 13.6. The number of aryl methyl sites for hydroxylation is 1. The summed E-state index contributed by atoms with van der Waals surface area (Å²) in [4.78, 5) is 7.49. The third kappa shape index (κ3) is 2.22. The number of H-pyrrole nitrogens is 1. The highest BCUT2D eigenvalue weighted by Gasteiger charge is 2.13. The highest BCUT2D eigenvalue weighted by atomic mass is 19.1. The molecular formula is C13H16FN3O. The number of hydrogen-bond acceptors (Lipinski definition) is 3. The molecule has 0 saturated heterocycles. The third-order valence-corrected chi connectivity index (χ3v) is 2.76. The van der Waals surface area contributed by atoms with Gasteiger partial charge in [0, 0.05) is 11.3 Å². The summed E-state index contributed by atoms with van der Waals surface area (Å²) in [5.74, 6) is 0.512. The van der Waals surface area contributed by atoms with Crippen LogP contribution in [0.5, 0.6) is 5.75 Å². The normalized spacial score (nSPS) is 12.5. The number of aromatic nitrogens is 2. The molecule has 18 heavy (non-hydrogen) atoms. The first-order chi connectivity index (χ1) is 8.52. The fourth-order valence-electron chi connectivity index (χ4n) is 1.79. The molecule has 2 aromatic rings. The van der Waals surface area contributed by atoms with E-state index in [1.54, 1.807) is 12.1 Å². The first-order valence-corrected chi connectivity index (χ1v) is 5.69. The van der Waals surface area contributed by atoms with Gasteiger partial charge in [0.05, 0.1) is 18.8 Å². The number of methoxy groups -OCH3 is 1. The van der Waals surface area contributed by atoms with Crippen molar-refractivity contribution in [1.82, 2.24) is 9.97 Å². The van der Waals surface area contributed by atoms with E-state index < -0.39 is 5.82 Å². The molecule has 1 heterocycles. The van der Waals surface area contributed by atoms with Crippen LogP contribution in [0.2, 0.25) is 0 Å². The average Bonchev–Trinajstić information content (AvgIpc) is 2.71. The average molecular weight is 249 g/mol. The molecular weight excluding hydrogens is 233 g/mol. The fourth-order valence-corrected chi connectivity index (χ4v) is 1.79. The zero-order chi connectivity index (χ0) is 13.3. The van der Waals surface area contributed by atoms with Gasteiger partial charge in [0.15, 0.2) is 11.6 Å². The van der Waals surface area contributed by atoms with Crippen molar-refractivity contribution in [3.63, 3.8) is 0 Å². The van der Waals surface area contributed by atoms with Crippen molar-refractivity contribution < 1.29 is 9.13 Å². The molecule has 0 aliphatic carbocycles. The van der Waals surface area contributed by atoms with E-state index in [4.69, 9.17) is 10.5 Å². The van der Waals surface area contributed by atoms with Crippen LogP contribution < -0.4 is 10.5 Å². The molecule has 4 nitrogen and oxygen atoms in total. The number of imidazole rings is 1. The predicted molar refractivity (Wildman–Crippen MR) is 67.9 cm³/mol. The Bertz CT molecular complexity index is 563. The van der Waals surface area contributed by atoms with Gasteiger partial charge in [0.25, 0.3) is 0 Å². The lowest BCUT2D eigenvalue weighted by Gasteiger charge is -2.04. The summed E-state index contributed by atoms with van der Waals surface area (Å²) in [5, 5.41) is 0. The molecule has 0 fully saturated rings. The number of nitrogens with two attached hydrogens (primary N) is 1. The highest BCUT2D eigenvalue weighted by Crippen LogP contribution is 2.27. The summed E-state index contributed by atoms with van der Waals surface area (Å²) in [7, 11) is 1.44. The van der Waals surface area contributed by atoms with Crippen LogP contribution in [0, 0.1) is 12.7 Å². The van der Waals surface area contributed by atoms with Gasteiger partial charge in [-0.15, -0.1) is 0 Å². The number of nitrogens with zero attached hydrogens (tertiary/aromatic N) is 1.